The minimum absolute atomic E-state index is 0.00231. The van der Waals surface area contributed by atoms with Gasteiger partial charge >= 0.3 is 0 Å². The van der Waals surface area contributed by atoms with E-state index in [0.717, 1.165) is 0 Å². The fourth-order valence-corrected chi connectivity index (χ4v) is 4.55. The van der Waals surface area contributed by atoms with E-state index >= 15 is 4.39 Å². The van der Waals surface area contributed by atoms with E-state index in [1.807, 2.05) is 5.38 Å². The standard InChI is InChI=1S/C20H17ClFN3O3S/c1-27-14-4-2-10(19(24)26)17(18(14)22)16-11-6-20(8-23,15-7-29-9-25-15)28-13(11)5-3-12(16)21/h2-5,7,9H,6,8,23H2,1H3,(H2,24,26)/t20-/m0/s1. The van der Waals surface area contributed by atoms with Crippen molar-refractivity contribution in [3.05, 3.63) is 62.8 Å². The van der Waals surface area contributed by atoms with Crippen LogP contribution in [0.5, 0.6) is 11.5 Å². The Morgan fingerprint density at radius 1 is 1.38 bits per heavy atom. The van der Waals surface area contributed by atoms with Crippen LogP contribution in [0.15, 0.2) is 35.2 Å². The highest BCUT2D eigenvalue weighted by Crippen LogP contribution is 2.49. The summed E-state index contributed by atoms with van der Waals surface area (Å²) in [6, 6.07) is 6.06. The van der Waals surface area contributed by atoms with Crippen LogP contribution in [0, 0.1) is 5.82 Å². The van der Waals surface area contributed by atoms with Gasteiger partial charge in [0.1, 0.15) is 5.75 Å². The predicted molar refractivity (Wildman–Crippen MR) is 109 cm³/mol. The van der Waals surface area contributed by atoms with E-state index in [-0.39, 0.29) is 28.4 Å². The monoisotopic (exact) mass is 433 g/mol. The van der Waals surface area contributed by atoms with Crippen LogP contribution in [-0.4, -0.2) is 24.5 Å². The van der Waals surface area contributed by atoms with Crippen molar-refractivity contribution in [1.29, 1.82) is 0 Å². The van der Waals surface area contributed by atoms with E-state index in [1.54, 1.807) is 17.6 Å². The Bertz CT molecular complexity index is 1110. The average Bonchev–Trinajstić information content (AvgIpc) is 3.36. The second kappa shape index (κ2) is 7.29. The Morgan fingerprint density at radius 2 is 2.17 bits per heavy atom. The molecule has 4 rings (SSSR count). The van der Waals surface area contributed by atoms with Crippen molar-refractivity contribution in [3.63, 3.8) is 0 Å². The van der Waals surface area contributed by atoms with Crippen LogP contribution in [0.2, 0.25) is 5.02 Å². The van der Waals surface area contributed by atoms with E-state index in [0.29, 0.717) is 29.0 Å². The Morgan fingerprint density at radius 3 is 2.79 bits per heavy atom. The number of primary amides is 1. The number of methoxy groups -OCH3 is 1. The van der Waals surface area contributed by atoms with Crippen molar-refractivity contribution >= 4 is 28.8 Å². The first-order valence-corrected chi connectivity index (χ1v) is 9.99. The summed E-state index contributed by atoms with van der Waals surface area (Å²) in [6.07, 6.45) is 0.313. The molecule has 0 bridgehead atoms. The highest BCUT2D eigenvalue weighted by atomic mass is 35.5. The summed E-state index contributed by atoms with van der Waals surface area (Å²) in [5.74, 6) is -1.03. The molecular formula is C20H17ClFN3O3S. The number of amides is 1. The zero-order valence-electron chi connectivity index (χ0n) is 15.4. The van der Waals surface area contributed by atoms with E-state index in [2.05, 4.69) is 4.98 Å². The van der Waals surface area contributed by atoms with Crippen molar-refractivity contribution in [1.82, 2.24) is 4.98 Å². The Balaban J connectivity index is 1.97. The van der Waals surface area contributed by atoms with Crippen LogP contribution >= 0.6 is 22.9 Å². The van der Waals surface area contributed by atoms with E-state index < -0.39 is 17.3 Å². The molecule has 1 aliphatic heterocycles. The Labute approximate surface area is 175 Å². The zero-order chi connectivity index (χ0) is 20.8. The quantitative estimate of drug-likeness (QED) is 0.641. The molecule has 6 nitrogen and oxygen atoms in total. The minimum atomic E-state index is -0.899. The number of halogens is 2. The summed E-state index contributed by atoms with van der Waals surface area (Å²) in [7, 11) is 1.34. The van der Waals surface area contributed by atoms with E-state index in [9.17, 15) is 4.79 Å². The lowest BCUT2D eigenvalue weighted by Crippen LogP contribution is -2.39. The fourth-order valence-electron chi connectivity index (χ4n) is 3.64. The molecular weight excluding hydrogens is 417 g/mol. The molecule has 0 radical (unpaired) electrons. The lowest BCUT2D eigenvalue weighted by atomic mass is 9.88. The second-order valence-electron chi connectivity index (χ2n) is 6.62. The Hall–Kier alpha value is -2.68. The molecule has 0 spiro atoms. The number of nitrogens with zero attached hydrogens (tertiary/aromatic N) is 1. The normalized spacial score (nSPS) is 17.7. The van der Waals surface area contributed by atoms with Crippen molar-refractivity contribution in [2.24, 2.45) is 11.5 Å². The van der Waals surface area contributed by atoms with Gasteiger partial charge < -0.3 is 20.9 Å². The largest absolute Gasteiger partial charge is 0.494 e. The summed E-state index contributed by atoms with van der Waals surface area (Å²) in [6.45, 7) is 0.158. The van der Waals surface area contributed by atoms with Gasteiger partial charge in [0.05, 0.1) is 23.9 Å². The minimum Gasteiger partial charge on any atom is -0.494 e. The summed E-state index contributed by atoms with van der Waals surface area (Å²) >= 11 is 7.91. The number of carbonyl (C=O) groups excluding carboxylic acids is 1. The van der Waals surface area contributed by atoms with Crippen molar-refractivity contribution in [2.45, 2.75) is 12.0 Å². The van der Waals surface area contributed by atoms with Gasteiger partial charge in [-0.1, -0.05) is 11.6 Å². The molecule has 0 unspecified atom stereocenters. The number of nitrogens with two attached hydrogens (primary N) is 2. The van der Waals surface area contributed by atoms with Gasteiger partial charge in [-0.05, 0) is 24.3 Å². The molecule has 0 fully saturated rings. The molecule has 2 heterocycles. The predicted octanol–water partition coefficient (Wildman–Crippen LogP) is 3.50. The van der Waals surface area contributed by atoms with Gasteiger partial charge in [-0.2, -0.15) is 0 Å². The number of ether oxygens (including phenoxy) is 2. The number of thiazole rings is 1. The van der Waals surface area contributed by atoms with Gasteiger partial charge in [0.25, 0.3) is 0 Å². The highest BCUT2D eigenvalue weighted by Gasteiger charge is 2.43. The maximum absolute atomic E-state index is 15.3. The van der Waals surface area contributed by atoms with Gasteiger partial charge in [0.15, 0.2) is 17.2 Å². The molecule has 1 aromatic heterocycles. The average molecular weight is 434 g/mol. The molecule has 0 saturated carbocycles. The van der Waals surface area contributed by atoms with Crippen molar-refractivity contribution in [2.75, 3.05) is 13.7 Å². The van der Waals surface area contributed by atoms with Gasteiger partial charge in [-0.15, -0.1) is 11.3 Å². The van der Waals surface area contributed by atoms with Gasteiger partial charge in [0, 0.05) is 40.1 Å². The number of hydrogen-bond donors (Lipinski definition) is 2. The van der Waals surface area contributed by atoms with Gasteiger partial charge in [-0.3, -0.25) is 4.79 Å². The first-order chi connectivity index (χ1) is 13.9. The fraction of sp³-hybridized carbons (Fsp3) is 0.200. The third kappa shape index (κ3) is 3.04. The maximum Gasteiger partial charge on any atom is 0.249 e. The number of carbonyl (C=O) groups is 1. The maximum atomic E-state index is 15.3. The number of hydrogen-bond acceptors (Lipinski definition) is 6. The van der Waals surface area contributed by atoms with Crippen LogP contribution < -0.4 is 20.9 Å². The number of rotatable bonds is 5. The second-order valence-corrected chi connectivity index (χ2v) is 7.74. The molecule has 29 heavy (non-hydrogen) atoms. The summed E-state index contributed by atoms with van der Waals surface area (Å²) in [5, 5.41) is 2.12. The zero-order valence-corrected chi connectivity index (χ0v) is 16.9. The van der Waals surface area contributed by atoms with Crippen LogP contribution in [0.4, 0.5) is 4.39 Å². The van der Waals surface area contributed by atoms with Crippen molar-refractivity contribution < 1.29 is 18.7 Å². The third-order valence-electron chi connectivity index (χ3n) is 5.06. The lowest BCUT2D eigenvalue weighted by Gasteiger charge is -2.25. The number of fused-ring (bicyclic) bond motifs is 1. The first-order valence-electron chi connectivity index (χ1n) is 8.67. The summed E-state index contributed by atoms with van der Waals surface area (Å²) in [5.41, 5.74) is 14.0. The molecule has 0 saturated heterocycles. The van der Waals surface area contributed by atoms with Crippen LogP contribution in [-0.2, 0) is 12.0 Å². The van der Waals surface area contributed by atoms with Gasteiger partial charge in [0.2, 0.25) is 5.91 Å². The first kappa shape index (κ1) is 19.6. The molecule has 4 N–H and O–H groups in total. The molecule has 150 valence electrons. The molecule has 9 heteroatoms. The van der Waals surface area contributed by atoms with Crippen LogP contribution in [0.1, 0.15) is 21.6 Å². The van der Waals surface area contributed by atoms with Crippen molar-refractivity contribution in [3.8, 4) is 22.6 Å². The molecule has 1 amide bonds. The number of aromatic nitrogens is 1. The van der Waals surface area contributed by atoms with Crippen LogP contribution in [0.3, 0.4) is 0 Å². The SMILES string of the molecule is COc1ccc(C(N)=O)c(-c2c(Cl)ccc3c2C[C@](CN)(c2cscn2)O3)c1F. The summed E-state index contributed by atoms with van der Waals surface area (Å²) < 4.78 is 26.6. The van der Waals surface area contributed by atoms with Gasteiger partial charge in [-0.25, -0.2) is 9.37 Å². The van der Waals surface area contributed by atoms with Crippen LogP contribution in [0.25, 0.3) is 11.1 Å². The highest BCUT2D eigenvalue weighted by molar-refractivity contribution is 7.07. The number of benzene rings is 2. The van der Waals surface area contributed by atoms with E-state index in [4.69, 9.17) is 32.5 Å². The third-order valence-corrected chi connectivity index (χ3v) is 5.96. The molecule has 3 aromatic rings. The lowest BCUT2D eigenvalue weighted by molar-refractivity contribution is 0.0985. The smallest absolute Gasteiger partial charge is 0.249 e. The molecule has 2 aromatic carbocycles. The molecule has 1 atom stereocenters. The summed E-state index contributed by atoms with van der Waals surface area (Å²) in [4.78, 5) is 16.4. The van der Waals surface area contributed by atoms with E-state index in [1.165, 1.54) is 30.6 Å². The molecule has 1 aliphatic rings. The topological polar surface area (TPSA) is 100 Å². The Kier molecular flexibility index (Phi) is 4.94. The molecule has 0 aliphatic carbocycles.